The number of anilines is 1. The number of aliphatic hydroxyl groups is 1. The number of carbonyl (C=O) groups is 2. The molecular weight excluding hydrogens is 609 g/mol. The van der Waals surface area contributed by atoms with Crippen LogP contribution < -0.4 is 15.4 Å². The van der Waals surface area contributed by atoms with Crippen molar-refractivity contribution >= 4 is 38.5 Å². The molecule has 9 nitrogen and oxygen atoms in total. The highest BCUT2D eigenvalue weighted by Gasteiger charge is 2.26. The molecule has 1 heterocycles. The van der Waals surface area contributed by atoms with Gasteiger partial charge in [-0.05, 0) is 73.9 Å². The zero-order valence-electron chi connectivity index (χ0n) is 25.6. The summed E-state index contributed by atoms with van der Waals surface area (Å²) < 4.78 is 48.4. The van der Waals surface area contributed by atoms with Crippen molar-refractivity contribution in [2.45, 2.75) is 25.8 Å². The molecule has 5 rings (SSSR count). The number of aliphatic hydroxyl groups excluding tert-OH is 1. The van der Waals surface area contributed by atoms with Gasteiger partial charge in [-0.2, -0.15) is 0 Å². The minimum absolute atomic E-state index is 0.0239. The second kappa shape index (κ2) is 13.2. The van der Waals surface area contributed by atoms with Gasteiger partial charge in [0.1, 0.15) is 17.2 Å². The molecule has 0 unspecified atom stereocenters. The van der Waals surface area contributed by atoms with E-state index >= 15 is 0 Å². The summed E-state index contributed by atoms with van der Waals surface area (Å²) in [5.74, 6) is -1.41. The first-order chi connectivity index (χ1) is 21.9. The highest BCUT2D eigenvalue weighted by molar-refractivity contribution is 7.92. The highest BCUT2D eigenvalue weighted by atomic mass is 32.2. The lowest BCUT2D eigenvalue weighted by Gasteiger charge is -2.27. The molecule has 0 spiro atoms. The SMILES string of the molecule is CNC(=O)c1c(-c2ccc(F)cc2)oc2cc(NS(=O)(=O)CCCO)c(-c3cccc(C(=O)NC(C)(C)c4ccccc4)c3)cc12. The van der Waals surface area contributed by atoms with E-state index < -0.39 is 27.3 Å². The third-order valence-corrected chi connectivity index (χ3v) is 8.94. The van der Waals surface area contributed by atoms with Crippen LogP contribution in [0.25, 0.3) is 33.4 Å². The number of furan rings is 1. The molecule has 46 heavy (non-hydrogen) atoms. The summed E-state index contributed by atoms with van der Waals surface area (Å²) in [4.78, 5) is 26.7. The van der Waals surface area contributed by atoms with Gasteiger partial charge in [-0.15, -0.1) is 0 Å². The van der Waals surface area contributed by atoms with Gasteiger partial charge in [0, 0.05) is 41.8 Å². The van der Waals surface area contributed by atoms with Crippen molar-refractivity contribution < 1.29 is 31.9 Å². The van der Waals surface area contributed by atoms with Crippen LogP contribution in [0.4, 0.5) is 10.1 Å². The van der Waals surface area contributed by atoms with Crippen molar-refractivity contribution in [2.75, 3.05) is 24.1 Å². The molecule has 0 atom stereocenters. The van der Waals surface area contributed by atoms with Crippen LogP contribution in [-0.4, -0.2) is 44.7 Å². The molecule has 0 aliphatic rings. The van der Waals surface area contributed by atoms with Gasteiger partial charge in [-0.25, -0.2) is 12.8 Å². The smallest absolute Gasteiger partial charge is 0.255 e. The number of rotatable bonds is 11. The van der Waals surface area contributed by atoms with Crippen molar-refractivity contribution in [1.29, 1.82) is 0 Å². The van der Waals surface area contributed by atoms with E-state index in [-0.39, 0.29) is 47.3 Å². The highest BCUT2D eigenvalue weighted by Crippen LogP contribution is 2.40. The molecule has 11 heteroatoms. The van der Waals surface area contributed by atoms with E-state index in [9.17, 15) is 27.5 Å². The summed E-state index contributed by atoms with van der Waals surface area (Å²) in [5, 5.41) is 15.3. The van der Waals surface area contributed by atoms with Crippen molar-refractivity contribution in [1.82, 2.24) is 10.6 Å². The molecule has 0 fully saturated rings. The number of amides is 2. The Bertz CT molecular complexity index is 2010. The second-order valence-electron chi connectivity index (χ2n) is 11.3. The Hall–Kier alpha value is -5.00. The van der Waals surface area contributed by atoms with Crippen LogP contribution in [0, 0.1) is 5.82 Å². The zero-order valence-corrected chi connectivity index (χ0v) is 26.4. The van der Waals surface area contributed by atoms with Gasteiger partial charge in [0.2, 0.25) is 10.0 Å². The zero-order chi connectivity index (χ0) is 33.1. The first kappa shape index (κ1) is 32.4. The molecule has 0 radical (unpaired) electrons. The quantitative estimate of drug-likeness (QED) is 0.138. The largest absolute Gasteiger partial charge is 0.455 e. The van der Waals surface area contributed by atoms with E-state index in [1.807, 2.05) is 44.2 Å². The summed E-state index contributed by atoms with van der Waals surface area (Å²) in [6, 6.07) is 24.8. The molecule has 5 aromatic rings. The van der Waals surface area contributed by atoms with Gasteiger partial charge in [0.25, 0.3) is 11.8 Å². The fourth-order valence-electron chi connectivity index (χ4n) is 5.21. The predicted octanol–water partition coefficient (Wildman–Crippen LogP) is 6.05. The van der Waals surface area contributed by atoms with Crippen molar-refractivity contribution in [3.63, 3.8) is 0 Å². The molecule has 4 N–H and O–H groups in total. The lowest BCUT2D eigenvalue weighted by atomic mass is 9.93. The van der Waals surface area contributed by atoms with E-state index in [1.54, 1.807) is 30.3 Å². The van der Waals surface area contributed by atoms with Gasteiger partial charge in [0.05, 0.1) is 22.5 Å². The first-order valence-electron chi connectivity index (χ1n) is 14.6. The first-order valence-corrected chi connectivity index (χ1v) is 16.3. The van der Waals surface area contributed by atoms with Crippen LogP contribution in [0.5, 0.6) is 0 Å². The topological polar surface area (TPSA) is 138 Å². The van der Waals surface area contributed by atoms with Crippen LogP contribution in [0.2, 0.25) is 0 Å². The summed E-state index contributed by atoms with van der Waals surface area (Å²) in [6.45, 7) is 3.49. The van der Waals surface area contributed by atoms with Crippen molar-refractivity contribution in [3.05, 3.63) is 114 Å². The van der Waals surface area contributed by atoms with Crippen LogP contribution in [0.1, 0.15) is 46.5 Å². The van der Waals surface area contributed by atoms with Gasteiger partial charge >= 0.3 is 0 Å². The molecule has 0 saturated heterocycles. The maximum absolute atomic E-state index is 13.7. The fraction of sp³-hybridized carbons (Fsp3) is 0.200. The van der Waals surface area contributed by atoms with Crippen LogP contribution in [0.15, 0.2) is 95.4 Å². The minimum atomic E-state index is -3.91. The summed E-state index contributed by atoms with van der Waals surface area (Å²) in [5.41, 5.74) is 2.44. The van der Waals surface area contributed by atoms with Gasteiger partial charge in [0.15, 0.2) is 0 Å². The number of hydrogen-bond donors (Lipinski definition) is 4. The number of hydrogen-bond acceptors (Lipinski definition) is 6. The Labute approximate surface area is 266 Å². The number of fused-ring (bicyclic) bond motifs is 1. The molecule has 2 amide bonds. The molecule has 4 aromatic carbocycles. The summed E-state index contributed by atoms with van der Waals surface area (Å²) in [7, 11) is -2.44. The van der Waals surface area contributed by atoms with Crippen molar-refractivity contribution in [2.24, 2.45) is 0 Å². The van der Waals surface area contributed by atoms with Crippen LogP contribution >= 0.6 is 0 Å². The molecular formula is C35H34FN3O6S. The average Bonchev–Trinajstić information content (AvgIpc) is 3.41. The molecule has 0 aliphatic heterocycles. The van der Waals surface area contributed by atoms with Crippen molar-refractivity contribution in [3.8, 4) is 22.5 Å². The number of carbonyl (C=O) groups excluding carboxylic acids is 2. The van der Waals surface area contributed by atoms with E-state index in [0.717, 1.165) is 5.56 Å². The third kappa shape index (κ3) is 6.95. The monoisotopic (exact) mass is 643 g/mol. The maximum Gasteiger partial charge on any atom is 0.255 e. The Balaban J connectivity index is 1.65. The standard InChI is InChI=1S/C35H34FN3O6S/c1-35(2,25-11-5-4-6-12-25)38-33(41)24-10-7-9-23(19-24)27-20-28-30(21-29(27)39-46(43,44)18-8-17-40)45-32(31(28)34(42)37-3)22-13-15-26(36)16-14-22/h4-7,9-16,19-21,39-40H,8,17-18H2,1-3H3,(H,37,42)(H,38,41). The van der Waals surface area contributed by atoms with Crippen LogP contribution in [-0.2, 0) is 15.6 Å². The molecule has 0 bridgehead atoms. The maximum atomic E-state index is 13.7. The number of halogens is 1. The van der Waals surface area contributed by atoms with Gasteiger partial charge < -0.3 is 20.2 Å². The summed E-state index contributed by atoms with van der Waals surface area (Å²) in [6.07, 6.45) is 0.0239. The molecule has 0 saturated carbocycles. The predicted molar refractivity (Wildman–Crippen MR) is 176 cm³/mol. The second-order valence-corrected chi connectivity index (χ2v) is 13.2. The Morgan fingerprint density at radius 3 is 2.28 bits per heavy atom. The van der Waals surface area contributed by atoms with E-state index in [0.29, 0.717) is 27.6 Å². The fourth-order valence-corrected chi connectivity index (χ4v) is 6.32. The van der Waals surface area contributed by atoms with E-state index in [1.165, 1.54) is 37.4 Å². The lowest BCUT2D eigenvalue weighted by molar-refractivity contribution is 0.0910. The molecule has 1 aromatic heterocycles. The summed E-state index contributed by atoms with van der Waals surface area (Å²) >= 11 is 0. The Morgan fingerprint density at radius 1 is 0.891 bits per heavy atom. The molecule has 238 valence electrons. The number of sulfonamides is 1. The van der Waals surface area contributed by atoms with E-state index in [2.05, 4.69) is 15.4 Å². The third-order valence-electron chi connectivity index (χ3n) is 7.58. The molecule has 0 aliphatic carbocycles. The lowest BCUT2D eigenvalue weighted by Crippen LogP contribution is -2.40. The van der Waals surface area contributed by atoms with E-state index in [4.69, 9.17) is 4.42 Å². The minimum Gasteiger partial charge on any atom is -0.455 e. The Morgan fingerprint density at radius 2 is 1.61 bits per heavy atom. The Kier molecular flexibility index (Phi) is 9.27. The van der Waals surface area contributed by atoms with Gasteiger partial charge in [-0.3, -0.25) is 14.3 Å². The number of nitrogens with one attached hydrogen (secondary N) is 3. The van der Waals surface area contributed by atoms with Gasteiger partial charge in [-0.1, -0.05) is 42.5 Å². The number of benzene rings is 4. The van der Waals surface area contributed by atoms with Crippen LogP contribution in [0.3, 0.4) is 0 Å². The normalized spacial score (nSPS) is 11.8. The average molecular weight is 644 g/mol.